The number of rotatable bonds is 6. The first-order valence-electron chi connectivity index (χ1n) is 9.07. The molecule has 1 fully saturated rings. The van der Waals surface area contributed by atoms with Gasteiger partial charge in [-0.3, -0.25) is 4.90 Å². The Hall–Kier alpha value is -2.27. The first-order chi connectivity index (χ1) is 12.1. The highest BCUT2D eigenvalue weighted by Gasteiger charge is 2.23. The first-order valence-corrected chi connectivity index (χ1v) is 9.07. The molecule has 0 bridgehead atoms. The summed E-state index contributed by atoms with van der Waals surface area (Å²) in [5, 5.41) is 19.5. The number of anilines is 2. The molecule has 2 N–H and O–H groups in total. The van der Waals surface area contributed by atoms with E-state index in [-0.39, 0.29) is 0 Å². The van der Waals surface area contributed by atoms with Gasteiger partial charge in [-0.25, -0.2) is 4.73 Å². The monoisotopic (exact) mass is 340 g/mol. The van der Waals surface area contributed by atoms with Crippen molar-refractivity contribution in [1.82, 2.24) is 5.32 Å². The second-order valence-electron chi connectivity index (χ2n) is 7.02. The topological polar surface area (TPSA) is 54.2 Å². The maximum atomic E-state index is 12.4. The Bertz CT molecular complexity index is 667. The molecule has 1 aromatic carbocycles. The van der Waals surface area contributed by atoms with Gasteiger partial charge in [-0.15, -0.1) is 0 Å². The largest absolute Gasteiger partial charge is 0.740 e. The van der Waals surface area contributed by atoms with Gasteiger partial charge in [0.15, 0.2) is 0 Å². The molecule has 5 nitrogen and oxygen atoms in total. The molecule has 0 amide bonds. The number of nitrogens with zero attached hydrogens (tertiary/aromatic N) is 2. The zero-order chi connectivity index (χ0) is 17.6. The van der Waals surface area contributed by atoms with Crippen LogP contribution in [-0.4, -0.2) is 26.2 Å². The Kier molecular flexibility index (Phi) is 5.76. The summed E-state index contributed by atoms with van der Waals surface area (Å²) in [5.74, 6) is 1.30. The van der Waals surface area contributed by atoms with Gasteiger partial charge in [0.25, 0.3) is 0 Å². The number of hydrogen-bond acceptors (Lipinski definition) is 4. The van der Waals surface area contributed by atoms with E-state index in [0.717, 1.165) is 37.0 Å². The lowest BCUT2D eigenvalue weighted by molar-refractivity contribution is -0.577. The van der Waals surface area contributed by atoms with Crippen molar-refractivity contribution in [3.8, 4) is 0 Å². The summed E-state index contributed by atoms with van der Waals surface area (Å²) in [6.07, 6.45) is 4.44. The Labute approximate surface area is 150 Å². The number of pyridine rings is 1. The molecule has 3 rings (SSSR count). The molecule has 0 spiro atoms. The van der Waals surface area contributed by atoms with E-state index in [1.54, 1.807) is 0 Å². The molecule has 0 radical (unpaired) electrons. The van der Waals surface area contributed by atoms with Crippen LogP contribution in [-0.2, 0) is 6.54 Å². The minimum atomic E-state index is 0.368. The number of nitrogens with one attached hydrogen (secondary N) is 2. The molecule has 5 heteroatoms. The van der Waals surface area contributed by atoms with Crippen molar-refractivity contribution in [2.24, 2.45) is 0 Å². The molecule has 1 heterocycles. The second-order valence-corrected chi connectivity index (χ2v) is 7.02. The third kappa shape index (κ3) is 4.63. The third-order valence-electron chi connectivity index (χ3n) is 4.90. The maximum Gasteiger partial charge on any atom is 0.223 e. The zero-order valence-corrected chi connectivity index (χ0v) is 15.1. The normalized spacial score (nSPS) is 20.2. The predicted octanol–water partition coefficient (Wildman–Crippen LogP) is 2.90. The van der Waals surface area contributed by atoms with E-state index in [0.29, 0.717) is 23.7 Å². The minimum absolute atomic E-state index is 0.368. The lowest BCUT2D eigenvalue weighted by atomic mass is 9.91. The zero-order valence-electron chi connectivity index (χ0n) is 15.1. The molecule has 0 saturated heterocycles. The van der Waals surface area contributed by atoms with Crippen molar-refractivity contribution < 1.29 is 4.73 Å². The van der Waals surface area contributed by atoms with Crippen LogP contribution in [0.15, 0.2) is 48.5 Å². The average molecular weight is 340 g/mol. The Balaban J connectivity index is 1.49. The lowest BCUT2D eigenvalue weighted by Gasteiger charge is -2.29. The maximum absolute atomic E-state index is 12.4. The standard InChI is InChI=1S/C20H28N4O/c1-23(2)20-10-6-9-19(24(20)25)22-18-13-11-17(12-14-18)21-15-16-7-4-3-5-8-16/h3-10,17-18,21-22H,11-15H2,1-2H3/t17-,18+. The number of aromatic nitrogens is 1. The summed E-state index contributed by atoms with van der Waals surface area (Å²) >= 11 is 0. The molecule has 2 aromatic rings. The lowest BCUT2D eigenvalue weighted by Crippen LogP contribution is -2.41. The highest BCUT2D eigenvalue weighted by Crippen LogP contribution is 2.22. The van der Waals surface area contributed by atoms with Crippen LogP contribution in [0.5, 0.6) is 0 Å². The molecule has 1 aromatic heterocycles. The van der Waals surface area contributed by atoms with Crippen molar-refractivity contribution >= 4 is 11.6 Å². The SMILES string of the molecule is CN(C)c1cccc(N[C@H]2CC[C@@H](NCc3ccccc3)CC2)[n+]1[O-]. The van der Waals surface area contributed by atoms with E-state index < -0.39 is 0 Å². The van der Waals surface area contributed by atoms with Gasteiger partial charge in [0, 0.05) is 24.7 Å². The number of benzene rings is 1. The van der Waals surface area contributed by atoms with Crippen LogP contribution in [0.2, 0.25) is 0 Å². The van der Waals surface area contributed by atoms with E-state index in [2.05, 4.69) is 34.9 Å². The summed E-state index contributed by atoms with van der Waals surface area (Å²) in [4.78, 5) is 1.84. The molecular formula is C20H28N4O. The van der Waals surface area contributed by atoms with Gasteiger partial charge in [-0.2, -0.15) is 0 Å². The van der Waals surface area contributed by atoms with E-state index in [1.165, 1.54) is 5.56 Å². The van der Waals surface area contributed by atoms with Crippen LogP contribution < -0.4 is 20.3 Å². The van der Waals surface area contributed by atoms with Crippen LogP contribution in [0.25, 0.3) is 0 Å². The predicted molar refractivity (Wildman–Crippen MR) is 103 cm³/mol. The summed E-state index contributed by atoms with van der Waals surface area (Å²) in [7, 11) is 3.77. The van der Waals surface area contributed by atoms with E-state index in [9.17, 15) is 5.21 Å². The molecule has 1 aliphatic carbocycles. The van der Waals surface area contributed by atoms with Crippen LogP contribution in [0.3, 0.4) is 0 Å². The molecule has 134 valence electrons. The van der Waals surface area contributed by atoms with Gasteiger partial charge in [0.1, 0.15) is 0 Å². The fourth-order valence-corrected chi connectivity index (χ4v) is 3.43. The molecule has 0 atom stereocenters. The molecule has 1 saturated carbocycles. The van der Waals surface area contributed by atoms with E-state index >= 15 is 0 Å². The second kappa shape index (κ2) is 8.21. The van der Waals surface area contributed by atoms with Crippen LogP contribution in [0.4, 0.5) is 11.6 Å². The first kappa shape index (κ1) is 17.5. The summed E-state index contributed by atoms with van der Waals surface area (Å²) in [6.45, 7) is 0.926. The van der Waals surface area contributed by atoms with Crippen molar-refractivity contribution in [1.29, 1.82) is 0 Å². The molecule has 25 heavy (non-hydrogen) atoms. The third-order valence-corrected chi connectivity index (χ3v) is 4.90. The number of hydrogen-bond donors (Lipinski definition) is 2. The van der Waals surface area contributed by atoms with Crippen LogP contribution >= 0.6 is 0 Å². The van der Waals surface area contributed by atoms with Crippen molar-refractivity contribution in [3.63, 3.8) is 0 Å². The summed E-state index contributed by atoms with van der Waals surface area (Å²) in [6, 6.07) is 17.1. The van der Waals surface area contributed by atoms with Gasteiger partial charge in [0.2, 0.25) is 11.6 Å². The van der Waals surface area contributed by atoms with Crippen LogP contribution in [0, 0.1) is 5.21 Å². The van der Waals surface area contributed by atoms with E-state index in [4.69, 9.17) is 0 Å². The molecular weight excluding hydrogens is 312 g/mol. The fourth-order valence-electron chi connectivity index (χ4n) is 3.43. The van der Waals surface area contributed by atoms with Crippen LogP contribution in [0.1, 0.15) is 31.2 Å². The molecule has 0 aliphatic heterocycles. The van der Waals surface area contributed by atoms with Crippen molar-refractivity contribution in [3.05, 3.63) is 59.3 Å². The van der Waals surface area contributed by atoms with Gasteiger partial charge >= 0.3 is 0 Å². The highest BCUT2D eigenvalue weighted by molar-refractivity contribution is 5.39. The van der Waals surface area contributed by atoms with Crippen molar-refractivity contribution in [2.75, 3.05) is 24.3 Å². The van der Waals surface area contributed by atoms with Gasteiger partial charge < -0.3 is 15.8 Å². The fraction of sp³-hybridized carbons (Fsp3) is 0.450. The average Bonchev–Trinajstić information content (AvgIpc) is 2.63. The van der Waals surface area contributed by atoms with Gasteiger partial charge in [-0.1, -0.05) is 30.3 Å². The van der Waals surface area contributed by atoms with Gasteiger partial charge in [-0.05, 0) is 37.3 Å². The Morgan fingerprint density at radius 2 is 1.64 bits per heavy atom. The highest BCUT2D eigenvalue weighted by atomic mass is 16.5. The minimum Gasteiger partial charge on any atom is -0.740 e. The van der Waals surface area contributed by atoms with Crippen molar-refractivity contribution in [2.45, 2.75) is 44.3 Å². The van der Waals surface area contributed by atoms with E-state index in [1.807, 2.05) is 43.3 Å². The molecule has 0 unspecified atom stereocenters. The summed E-state index contributed by atoms with van der Waals surface area (Å²) < 4.78 is 0.986. The Morgan fingerprint density at radius 3 is 2.32 bits per heavy atom. The Morgan fingerprint density at radius 1 is 0.960 bits per heavy atom. The summed E-state index contributed by atoms with van der Waals surface area (Å²) in [5.41, 5.74) is 1.33. The smallest absolute Gasteiger partial charge is 0.223 e. The quantitative estimate of drug-likeness (QED) is 0.627. The van der Waals surface area contributed by atoms with Gasteiger partial charge in [0.05, 0.1) is 20.1 Å². The molecule has 1 aliphatic rings.